The molecule has 0 radical (unpaired) electrons. The van der Waals surface area contributed by atoms with E-state index in [9.17, 15) is 4.39 Å². The Morgan fingerprint density at radius 1 is 1.53 bits per heavy atom. The van der Waals surface area contributed by atoms with Crippen LogP contribution in [0, 0.1) is 5.82 Å². The number of benzene rings is 1. The fourth-order valence-electron chi connectivity index (χ4n) is 1.93. The zero-order valence-corrected chi connectivity index (χ0v) is 10.2. The van der Waals surface area contributed by atoms with Gasteiger partial charge < -0.3 is 11.1 Å². The number of halogens is 1. The van der Waals surface area contributed by atoms with Crippen LogP contribution in [0.3, 0.4) is 0 Å². The van der Waals surface area contributed by atoms with E-state index in [1.165, 1.54) is 6.07 Å². The first kappa shape index (κ1) is 11.9. The van der Waals surface area contributed by atoms with Crippen molar-refractivity contribution in [2.45, 2.75) is 38.3 Å². The standard InChI is InChI=1S/C13H18FN3/c1-8(2)16-13(15)17-12-7-11(12)9-4-3-5-10(14)6-9/h3-6,8,11-12H,7H2,1-2H3,(H3,15,16,17). The minimum atomic E-state index is -0.189. The van der Waals surface area contributed by atoms with E-state index in [4.69, 9.17) is 5.73 Å². The second-order valence-corrected chi connectivity index (χ2v) is 4.78. The average molecular weight is 235 g/mol. The lowest BCUT2D eigenvalue weighted by Gasteiger charge is -2.08. The van der Waals surface area contributed by atoms with Gasteiger partial charge in [-0.3, -0.25) is 0 Å². The van der Waals surface area contributed by atoms with Crippen LogP contribution >= 0.6 is 0 Å². The highest BCUT2D eigenvalue weighted by molar-refractivity contribution is 5.78. The summed E-state index contributed by atoms with van der Waals surface area (Å²) in [4.78, 5) is 4.38. The Hall–Kier alpha value is -1.58. The van der Waals surface area contributed by atoms with Crippen molar-refractivity contribution in [3.63, 3.8) is 0 Å². The molecule has 2 atom stereocenters. The van der Waals surface area contributed by atoms with Crippen LogP contribution in [0.25, 0.3) is 0 Å². The topological polar surface area (TPSA) is 50.4 Å². The summed E-state index contributed by atoms with van der Waals surface area (Å²) in [5.74, 6) is 0.604. The molecule has 0 spiro atoms. The predicted octanol–water partition coefficient (Wildman–Crippen LogP) is 1.99. The largest absolute Gasteiger partial charge is 0.370 e. The van der Waals surface area contributed by atoms with Gasteiger partial charge in [0, 0.05) is 12.0 Å². The summed E-state index contributed by atoms with van der Waals surface area (Å²) in [5.41, 5.74) is 6.76. The van der Waals surface area contributed by atoms with Gasteiger partial charge >= 0.3 is 0 Å². The van der Waals surface area contributed by atoms with Crippen molar-refractivity contribution >= 4 is 5.96 Å². The maximum Gasteiger partial charge on any atom is 0.189 e. The van der Waals surface area contributed by atoms with Gasteiger partial charge in [0.1, 0.15) is 5.82 Å². The first-order valence-electron chi connectivity index (χ1n) is 5.91. The van der Waals surface area contributed by atoms with Crippen LogP contribution in [0.15, 0.2) is 29.3 Å². The van der Waals surface area contributed by atoms with E-state index in [1.807, 2.05) is 19.9 Å². The van der Waals surface area contributed by atoms with Gasteiger partial charge in [0.25, 0.3) is 0 Å². The van der Waals surface area contributed by atoms with Crippen LogP contribution < -0.4 is 11.1 Å². The van der Waals surface area contributed by atoms with Gasteiger partial charge in [-0.25, -0.2) is 9.38 Å². The van der Waals surface area contributed by atoms with Crippen molar-refractivity contribution in [3.05, 3.63) is 35.6 Å². The summed E-state index contributed by atoms with van der Waals surface area (Å²) in [6, 6.07) is 7.19. The third-order valence-electron chi connectivity index (χ3n) is 2.78. The predicted molar refractivity (Wildman–Crippen MR) is 67.4 cm³/mol. The SMILES string of the molecule is CC(C)NC(N)=NC1CC1c1cccc(F)c1. The summed E-state index contributed by atoms with van der Waals surface area (Å²) in [5, 5.41) is 3.05. The van der Waals surface area contributed by atoms with E-state index in [-0.39, 0.29) is 17.9 Å². The summed E-state index contributed by atoms with van der Waals surface area (Å²) in [7, 11) is 0. The zero-order chi connectivity index (χ0) is 12.4. The van der Waals surface area contributed by atoms with Crippen LogP contribution in [0.2, 0.25) is 0 Å². The highest BCUT2D eigenvalue weighted by Crippen LogP contribution is 2.43. The van der Waals surface area contributed by atoms with Crippen molar-refractivity contribution < 1.29 is 4.39 Å². The minimum Gasteiger partial charge on any atom is -0.370 e. The number of hydrogen-bond donors (Lipinski definition) is 2. The van der Waals surface area contributed by atoms with Gasteiger partial charge in [0.05, 0.1) is 6.04 Å². The molecule has 2 unspecified atom stereocenters. The molecule has 4 heteroatoms. The van der Waals surface area contributed by atoms with Gasteiger partial charge in [-0.15, -0.1) is 0 Å². The lowest BCUT2D eigenvalue weighted by Crippen LogP contribution is -2.37. The number of nitrogens with one attached hydrogen (secondary N) is 1. The summed E-state index contributed by atoms with van der Waals surface area (Å²) in [6.45, 7) is 4.03. The smallest absolute Gasteiger partial charge is 0.189 e. The Morgan fingerprint density at radius 2 is 2.29 bits per heavy atom. The fraction of sp³-hybridized carbons (Fsp3) is 0.462. The van der Waals surface area contributed by atoms with E-state index in [2.05, 4.69) is 10.3 Å². The molecule has 1 aromatic carbocycles. The van der Waals surface area contributed by atoms with Crippen molar-refractivity contribution in [3.8, 4) is 0 Å². The second kappa shape index (κ2) is 4.73. The molecule has 1 saturated carbocycles. The Morgan fingerprint density at radius 3 is 2.94 bits per heavy atom. The molecule has 0 heterocycles. The molecular weight excluding hydrogens is 217 g/mol. The van der Waals surface area contributed by atoms with E-state index in [0.29, 0.717) is 11.9 Å². The zero-order valence-electron chi connectivity index (χ0n) is 10.2. The Kier molecular flexibility index (Phi) is 3.31. The Balaban J connectivity index is 1.97. The summed E-state index contributed by atoms with van der Waals surface area (Å²) >= 11 is 0. The molecule has 0 aliphatic heterocycles. The molecule has 0 bridgehead atoms. The highest BCUT2D eigenvalue weighted by Gasteiger charge is 2.38. The molecule has 1 fully saturated rings. The van der Waals surface area contributed by atoms with Gasteiger partial charge in [-0.05, 0) is 38.0 Å². The van der Waals surface area contributed by atoms with Gasteiger partial charge in [0.2, 0.25) is 0 Å². The van der Waals surface area contributed by atoms with Crippen LogP contribution in [-0.2, 0) is 0 Å². The Labute approximate surface area is 101 Å². The number of nitrogens with zero attached hydrogens (tertiary/aromatic N) is 1. The van der Waals surface area contributed by atoms with E-state index < -0.39 is 0 Å². The van der Waals surface area contributed by atoms with Crippen molar-refractivity contribution in [1.82, 2.24) is 5.32 Å². The van der Waals surface area contributed by atoms with Crippen LogP contribution in [0.4, 0.5) is 4.39 Å². The van der Waals surface area contributed by atoms with E-state index in [1.54, 1.807) is 12.1 Å². The molecular formula is C13H18FN3. The maximum absolute atomic E-state index is 13.0. The number of aliphatic imine (C=N–C) groups is 1. The first-order valence-corrected chi connectivity index (χ1v) is 5.91. The first-order chi connectivity index (χ1) is 8.06. The summed E-state index contributed by atoms with van der Waals surface area (Å²) < 4.78 is 13.0. The third-order valence-corrected chi connectivity index (χ3v) is 2.78. The van der Waals surface area contributed by atoms with Gasteiger partial charge in [-0.1, -0.05) is 12.1 Å². The fourth-order valence-corrected chi connectivity index (χ4v) is 1.93. The lowest BCUT2D eigenvalue weighted by atomic mass is 10.1. The molecule has 0 saturated heterocycles. The molecule has 2 rings (SSSR count). The molecule has 17 heavy (non-hydrogen) atoms. The molecule has 1 aliphatic rings. The second-order valence-electron chi connectivity index (χ2n) is 4.78. The number of guanidine groups is 1. The van der Waals surface area contributed by atoms with Crippen LogP contribution in [-0.4, -0.2) is 18.0 Å². The molecule has 0 aromatic heterocycles. The average Bonchev–Trinajstić information content (AvgIpc) is 2.95. The maximum atomic E-state index is 13.0. The number of rotatable bonds is 3. The van der Waals surface area contributed by atoms with Crippen LogP contribution in [0.5, 0.6) is 0 Å². The van der Waals surface area contributed by atoms with Gasteiger partial charge in [-0.2, -0.15) is 0 Å². The molecule has 92 valence electrons. The summed E-state index contributed by atoms with van der Waals surface area (Å²) in [6.07, 6.45) is 0.948. The Bertz CT molecular complexity index is 428. The van der Waals surface area contributed by atoms with Crippen molar-refractivity contribution in [2.75, 3.05) is 0 Å². The normalized spacial score (nSPS) is 23.9. The molecule has 3 nitrogen and oxygen atoms in total. The molecule has 1 aliphatic carbocycles. The van der Waals surface area contributed by atoms with Gasteiger partial charge in [0.15, 0.2) is 5.96 Å². The quantitative estimate of drug-likeness (QED) is 0.622. The van der Waals surface area contributed by atoms with E-state index in [0.717, 1.165) is 12.0 Å². The molecule has 3 N–H and O–H groups in total. The van der Waals surface area contributed by atoms with Crippen molar-refractivity contribution in [2.24, 2.45) is 10.7 Å². The molecule has 1 aromatic rings. The third kappa shape index (κ3) is 3.19. The van der Waals surface area contributed by atoms with Crippen molar-refractivity contribution in [1.29, 1.82) is 0 Å². The lowest BCUT2D eigenvalue weighted by molar-refractivity contribution is 0.625. The highest BCUT2D eigenvalue weighted by atomic mass is 19.1. The molecule has 0 amide bonds. The number of nitrogens with two attached hydrogens (primary N) is 1. The monoisotopic (exact) mass is 235 g/mol. The van der Waals surface area contributed by atoms with Crippen LogP contribution in [0.1, 0.15) is 31.7 Å². The van der Waals surface area contributed by atoms with E-state index >= 15 is 0 Å². The minimum absolute atomic E-state index is 0.189. The number of hydrogen-bond acceptors (Lipinski definition) is 1.